The van der Waals surface area contributed by atoms with Crippen molar-refractivity contribution < 1.29 is 27.1 Å². The van der Waals surface area contributed by atoms with Crippen molar-refractivity contribution in [2.24, 2.45) is 0 Å². The van der Waals surface area contributed by atoms with Gasteiger partial charge >= 0.3 is 11.2 Å². The fourth-order valence-electron chi connectivity index (χ4n) is 0.936. The van der Waals surface area contributed by atoms with Crippen LogP contribution in [0.4, 0.5) is 8.78 Å². The molecular weight excluding hydrogens is 301 g/mol. The number of carboxylic acids is 1. The van der Waals surface area contributed by atoms with Crippen LogP contribution in [-0.4, -0.2) is 24.7 Å². The quantitative estimate of drug-likeness (QED) is 0.931. The SMILES string of the molecule is O=C(O)C(F)(F)S(=O)(=O)c1cc(Cl)ccc1Cl. The Bertz CT molecular complexity index is 571. The van der Waals surface area contributed by atoms with E-state index in [-0.39, 0.29) is 5.02 Å². The van der Waals surface area contributed by atoms with Crippen LogP contribution in [0.25, 0.3) is 0 Å². The van der Waals surface area contributed by atoms with Gasteiger partial charge in [-0.05, 0) is 18.2 Å². The number of carbonyl (C=O) groups is 1. The molecule has 0 saturated carbocycles. The molecule has 0 bridgehead atoms. The van der Waals surface area contributed by atoms with Crippen LogP contribution in [0, 0.1) is 0 Å². The molecule has 0 fully saturated rings. The second kappa shape index (κ2) is 4.40. The molecular formula is C8H4Cl2F2O4S. The lowest BCUT2D eigenvalue weighted by Gasteiger charge is -2.13. The smallest absolute Gasteiger partial charge is 0.444 e. The highest BCUT2D eigenvalue weighted by atomic mass is 35.5. The number of benzene rings is 1. The third kappa shape index (κ3) is 2.36. The first kappa shape index (κ1) is 14.1. The van der Waals surface area contributed by atoms with Gasteiger partial charge in [0.1, 0.15) is 0 Å². The molecule has 1 N–H and O–H groups in total. The van der Waals surface area contributed by atoms with Crippen molar-refractivity contribution in [1.29, 1.82) is 0 Å². The molecule has 0 unspecified atom stereocenters. The molecule has 0 aromatic heterocycles. The summed E-state index contributed by atoms with van der Waals surface area (Å²) in [6.07, 6.45) is 0. The Kier molecular flexibility index (Phi) is 3.66. The first-order valence-electron chi connectivity index (χ1n) is 3.91. The van der Waals surface area contributed by atoms with Crippen molar-refractivity contribution in [2.45, 2.75) is 10.2 Å². The van der Waals surface area contributed by atoms with Crippen molar-refractivity contribution in [2.75, 3.05) is 0 Å². The van der Waals surface area contributed by atoms with Gasteiger partial charge in [-0.1, -0.05) is 23.2 Å². The molecule has 0 aliphatic carbocycles. The topological polar surface area (TPSA) is 71.4 Å². The molecule has 0 amide bonds. The Morgan fingerprint density at radius 2 is 1.82 bits per heavy atom. The van der Waals surface area contributed by atoms with Crippen LogP contribution in [0.2, 0.25) is 10.0 Å². The first-order valence-corrected chi connectivity index (χ1v) is 6.15. The zero-order valence-electron chi connectivity index (χ0n) is 7.82. The monoisotopic (exact) mass is 304 g/mol. The summed E-state index contributed by atoms with van der Waals surface area (Å²) in [5, 5.41) is 2.53. The van der Waals surface area contributed by atoms with Gasteiger partial charge in [-0.15, -0.1) is 0 Å². The van der Waals surface area contributed by atoms with Gasteiger partial charge < -0.3 is 5.11 Å². The average molecular weight is 305 g/mol. The van der Waals surface area contributed by atoms with Gasteiger partial charge in [-0.2, -0.15) is 8.78 Å². The van der Waals surface area contributed by atoms with Gasteiger partial charge in [0.15, 0.2) is 0 Å². The van der Waals surface area contributed by atoms with Crippen LogP contribution in [-0.2, 0) is 14.6 Å². The first-order chi connectivity index (χ1) is 7.60. The molecule has 0 aliphatic rings. The molecule has 1 aromatic rings. The summed E-state index contributed by atoms with van der Waals surface area (Å²) in [5.74, 6) is -2.78. The van der Waals surface area contributed by atoms with E-state index >= 15 is 0 Å². The van der Waals surface area contributed by atoms with E-state index in [1.54, 1.807) is 0 Å². The predicted octanol–water partition coefficient (Wildman–Crippen LogP) is 2.44. The molecule has 0 radical (unpaired) electrons. The molecule has 1 rings (SSSR count). The minimum absolute atomic E-state index is 0.158. The molecule has 4 nitrogen and oxygen atoms in total. The lowest BCUT2D eigenvalue weighted by atomic mass is 10.4. The molecule has 0 spiro atoms. The number of hydrogen-bond donors (Lipinski definition) is 1. The van der Waals surface area contributed by atoms with Crippen LogP contribution in [0.15, 0.2) is 23.1 Å². The summed E-state index contributed by atoms with van der Waals surface area (Å²) in [4.78, 5) is 9.20. The lowest BCUT2D eigenvalue weighted by Crippen LogP contribution is -2.37. The molecule has 9 heteroatoms. The van der Waals surface area contributed by atoms with Crippen molar-refractivity contribution in [3.8, 4) is 0 Å². The molecule has 17 heavy (non-hydrogen) atoms. The highest BCUT2D eigenvalue weighted by molar-refractivity contribution is 7.93. The Morgan fingerprint density at radius 3 is 2.29 bits per heavy atom. The maximum Gasteiger partial charge on any atom is 0.444 e. The van der Waals surface area contributed by atoms with Gasteiger partial charge in [-0.25, -0.2) is 13.2 Å². The minimum atomic E-state index is -5.44. The maximum absolute atomic E-state index is 13.0. The van der Waals surface area contributed by atoms with Gasteiger partial charge in [0, 0.05) is 5.02 Å². The number of sulfone groups is 1. The van der Waals surface area contributed by atoms with Crippen LogP contribution >= 0.6 is 23.2 Å². The van der Waals surface area contributed by atoms with Crippen molar-refractivity contribution >= 4 is 39.0 Å². The fourth-order valence-corrected chi connectivity index (χ4v) is 2.71. The number of carboxylic acid groups (broad SMARTS) is 1. The van der Waals surface area contributed by atoms with Gasteiger partial charge in [-0.3, -0.25) is 0 Å². The summed E-state index contributed by atoms with van der Waals surface area (Å²) in [6, 6.07) is 2.83. The normalized spacial score (nSPS) is 12.5. The average Bonchev–Trinajstić information content (AvgIpc) is 2.21. The second-order valence-electron chi connectivity index (χ2n) is 2.90. The van der Waals surface area contributed by atoms with Crippen LogP contribution in [0.1, 0.15) is 0 Å². The fraction of sp³-hybridized carbons (Fsp3) is 0.125. The van der Waals surface area contributed by atoms with Crippen LogP contribution in [0.3, 0.4) is 0 Å². The summed E-state index contributed by atoms with van der Waals surface area (Å²) < 4.78 is 48.9. The van der Waals surface area contributed by atoms with E-state index in [1.165, 1.54) is 6.07 Å². The van der Waals surface area contributed by atoms with Crippen molar-refractivity contribution in [1.82, 2.24) is 0 Å². The Hall–Kier alpha value is -0.920. The van der Waals surface area contributed by atoms with E-state index < -0.39 is 31.0 Å². The summed E-state index contributed by atoms with van der Waals surface area (Å²) in [5.41, 5.74) is 0. The summed E-state index contributed by atoms with van der Waals surface area (Å²) >= 11 is 10.9. The standard InChI is InChI=1S/C8H4Cl2F2O4S/c9-4-1-2-5(10)6(3-4)17(15,16)8(11,12)7(13)14/h1-3H,(H,13,14). The van der Waals surface area contributed by atoms with E-state index in [0.29, 0.717) is 6.07 Å². The largest absolute Gasteiger partial charge is 0.476 e. The van der Waals surface area contributed by atoms with Crippen LogP contribution < -0.4 is 0 Å². The zero-order chi connectivity index (χ0) is 13.4. The molecule has 1 aromatic carbocycles. The minimum Gasteiger partial charge on any atom is -0.476 e. The Morgan fingerprint density at radius 1 is 1.29 bits per heavy atom. The van der Waals surface area contributed by atoms with E-state index in [9.17, 15) is 22.0 Å². The van der Waals surface area contributed by atoms with E-state index in [4.69, 9.17) is 28.3 Å². The van der Waals surface area contributed by atoms with E-state index in [2.05, 4.69) is 0 Å². The van der Waals surface area contributed by atoms with Gasteiger partial charge in [0.05, 0.1) is 9.92 Å². The molecule has 0 atom stereocenters. The van der Waals surface area contributed by atoms with Crippen molar-refractivity contribution in [3.05, 3.63) is 28.2 Å². The number of hydrogen-bond acceptors (Lipinski definition) is 3. The molecule has 0 saturated heterocycles. The number of rotatable bonds is 3. The third-order valence-corrected chi connectivity index (χ3v) is 4.21. The maximum atomic E-state index is 13.0. The zero-order valence-corrected chi connectivity index (χ0v) is 10.2. The number of halogens is 4. The summed E-state index contributed by atoms with van der Waals surface area (Å²) in [7, 11) is -5.44. The molecule has 0 aliphatic heterocycles. The Labute approximate surface area is 105 Å². The lowest BCUT2D eigenvalue weighted by molar-refractivity contribution is -0.153. The van der Waals surface area contributed by atoms with E-state index in [1.807, 2.05) is 0 Å². The molecule has 0 heterocycles. The van der Waals surface area contributed by atoms with Gasteiger partial charge in [0.2, 0.25) is 0 Å². The number of aliphatic carboxylic acids is 1. The second-order valence-corrected chi connectivity index (χ2v) is 5.70. The number of alkyl halides is 2. The van der Waals surface area contributed by atoms with Gasteiger partial charge in [0.25, 0.3) is 9.84 Å². The molecule has 94 valence electrons. The highest BCUT2D eigenvalue weighted by Crippen LogP contribution is 2.34. The summed E-state index contributed by atoms with van der Waals surface area (Å²) in [6.45, 7) is 0. The Balaban J connectivity index is 3.52. The highest BCUT2D eigenvalue weighted by Gasteiger charge is 2.54. The third-order valence-electron chi connectivity index (χ3n) is 1.77. The van der Waals surface area contributed by atoms with E-state index in [0.717, 1.165) is 6.07 Å². The van der Waals surface area contributed by atoms with Crippen molar-refractivity contribution in [3.63, 3.8) is 0 Å². The van der Waals surface area contributed by atoms with Crippen LogP contribution in [0.5, 0.6) is 0 Å². The predicted molar refractivity (Wildman–Crippen MR) is 56.2 cm³/mol.